The Morgan fingerprint density at radius 3 is 2.91 bits per heavy atom. The van der Waals surface area contributed by atoms with Gasteiger partial charge in [-0.1, -0.05) is 0 Å². The van der Waals surface area contributed by atoms with Crippen molar-refractivity contribution in [3.8, 4) is 0 Å². The van der Waals surface area contributed by atoms with Crippen LogP contribution in [0.15, 0.2) is 17.2 Å². The molecule has 1 atom stereocenters. The molecule has 1 saturated heterocycles. The summed E-state index contributed by atoms with van der Waals surface area (Å²) in [6, 6.07) is 1.39. The Kier molecular flexibility index (Phi) is 5.60. The summed E-state index contributed by atoms with van der Waals surface area (Å²) in [5, 5.41) is 5.81. The number of aryl methyl sites for hydroxylation is 1. The summed E-state index contributed by atoms with van der Waals surface area (Å²) in [6.45, 7) is 2.42. The average Bonchev–Trinajstić information content (AvgIpc) is 2.90. The highest BCUT2D eigenvalue weighted by molar-refractivity contribution is 7.89. The minimum absolute atomic E-state index is 0.121. The van der Waals surface area contributed by atoms with Gasteiger partial charge in [0.2, 0.25) is 10.0 Å². The van der Waals surface area contributed by atoms with Gasteiger partial charge in [-0.05, 0) is 44.3 Å². The number of hydrogen-bond donors (Lipinski definition) is 3. The van der Waals surface area contributed by atoms with Crippen molar-refractivity contribution in [2.45, 2.75) is 24.2 Å². The Labute approximate surface area is 131 Å². The summed E-state index contributed by atoms with van der Waals surface area (Å²) in [5.41, 5.74) is 0.319. The Morgan fingerprint density at radius 1 is 1.50 bits per heavy atom. The third kappa shape index (κ3) is 4.08. The van der Waals surface area contributed by atoms with E-state index in [2.05, 4.69) is 15.4 Å². The summed E-state index contributed by atoms with van der Waals surface area (Å²) in [7, 11) is -0.412. The van der Waals surface area contributed by atoms with Gasteiger partial charge in [-0.25, -0.2) is 13.1 Å². The van der Waals surface area contributed by atoms with Crippen molar-refractivity contribution in [2.24, 2.45) is 13.0 Å². The number of nitrogens with zero attached hydrogens (tertiary/aromatic N) is 1. The van der Waals surface area contributed by atoms with Crippen LogP contribution in [-0.2, 0) is 17.1 Å². The van der Waals surface area contributed by atoms with Gasteiger partial charge >= 0.3 is 0 Å². The van der Waals surface area contributed by atoms with Crippen molar-refractivity contribution in [3.63, 3.8) is 0 Å². The molecule has 7 nitrogen and oxygen atoms in total. The Balaban J connectivity index is 1.96. The van der Waals surface area contributed by atoms with Crippen LogP contribution in [0.2, 0.25) is 0 Å². The number of sulfonamides is 1. The van der Waals surface area contributed by atoms with E-state index in [9.17, 15) is 13.2 Å². The summed E-state index contributed by atoms with van der Waals surface area (Å²) in [5.74, 6) is 0.214. The topological polar surface area (TPSA) is 92.2 Å². The molecule has 2 rings (SSSR count). The molecule has 22 heavy (non-hydrogen) atoms. The van der Waals surface area contributed by atoms with Gasteiger partial charge in [-0.3, -0.25) is 4.79 Å². The van der Waals surface area contributed by atoms with E-state index >= 15 is 0 Å². The normalized spacial score (nSPS) is 19.1. The van der Waals surface area contributed by atoms with Crippen molar-refractivity contribution in [1.82, 2.24) is 19.9 Å². The Hall–Kier alpha value is -1.38. The number of nitrogens with one attached hydrogen (secondary N) is 3. The third-order valence-corrected chi connectivity index (χ3v) is 5.42. The van der Waals surface area contributed by atoms with E-state index in [1.54, 1.807) is 7.05 Å². The van der Waals surface area contributed by atoms with Gasteiger partial charge in [0.25, 0.3) is 5.91 Å². The van der Waals surface area contributed by atoms with Crippen LogP contribution < -0.4 is 15.4 Å². The van der Waals surface area contributed by atoms with Crippen LogP contribution in [0, 0.1) is 5.92 Å². The van der Waals surface area contributed by atoms with E-state index in [0.29, 0.717) is 18.2 Å². The van der Waals surface area contributed by atoms with Gasteiger partial charge in [-0.2, -0.15) is 0 Å². The van der Waals surface area contributed by atoms with E-state index in [4.69, 9.17) is 0 Å². The fraction of sp³-hybridized carbons (Fsp3) is 0.643. The highest BCUT2D eigenvalue weighted by Crippen LogP contribution is 2.16. The zero-order valence-corrected chi connectivity index (χ0v) is 13.9. The fourth-order valence-corrected chi connectivity index (χ4v) is 3.80. The molecule has 3 N–H and O–H groups in total. The lowest BCUT2D eigenvalue weighted by atomic mass is 9.96. The zero-order chi connectivity index (χ0) is 16.2. The smallest absolute Gasteiger partial charge is 0.267 e. The van der Waals surface area contributed by atoms with Gasteiger partial charge in [0, 0.05) is 26.8 Å². The van der Waals surface area contributed by atoms with Gasteiger partial charge in [0.1, 0.15) is 10.6 Å². The molecule has 1 aliphatic rings. The average molecular weight is 328 g/mol. The second-order valence-corrected chi connectivity index (χ2v) is 7.42. The van der Waals surface area contributed by atoms with Crippen LogP contribution in [0.1, 0.15) is 29.8 Å². The molecule has 0 spiro atoms. The summed E-state index contributed by atoms with van der Waals surface area (Å²) in [6.07, 6.45) is 4.56. The van der Waals surface area contributed by atoms with E-state index in [0.717, 1.165) is 32.4 Å². The van der Waals surface area contributed by atoms with E-state index in [1.807, 2.05) is 0 Å². The van der Waals surface area contributed by atoms with Gasteiger partial charge < -0.3 is 15.2 Å². The third-order valence-electron chi connectivity index (χ3n) is 3.99. The first-order valence-corrected chi connectivity index (χ1v) is 9.01. The van der Waals surface area contributed by atoms with Crippen LogP contribution in [0.25, 0.3) is 0 Å². The summed E-state index contributed by atoms with van der Waals surface area (Å²) >= 11 is 0. The van der Waals surface area contributed by atoms with Crippen molar-refractivity contribution < 1.29 is 13.2 Å². The largest absolute Gasteiger partial charge is 0.354 e. The first-order valence-electron chi connectivity index (χ1n) is 7.53. The van der Waals surface area contributed by atoms with Crippen LogP contribution in [0.5, 0.6) is 0 Å². The molecule has 1 amide bonds. The van der Waals surface area contributed by atoms with Crippen molar-refractivity contribution in [2.75, 3.05) is 26.7 Å². The van der Waals surface area contributed by atoms with E-state index in [-0.39, 0.29) is 10.8 Å². The van der Waals surface area contributed by atoms with Crippen LogP contribution >= 0.6 is 0 Å². The van der Waals surface area contributed by atoms with Gasteiger partial charge in [-0.15, -0.1) is 0 Å². The highest BCUT2D eigenvalue weighted by atomic mass is 32.2. The number of rotatable bonds is 6. The molecule has 1 aromatic heterocycles. The second kappa shape index (κ2) is 7.26. The summed E-state index contributed by atoms with van der Waals surface area (Å²) < 4.78 is 28.7. The lowest BCUT2D eigenvalue weighted by Crippen LogP contribution is -2.33. The Bertz CT molecular complexity index is 618. The first-order chi connectivity index (χ1) is 10.4. The number of carbonyl (C=O) groups excluding carboxylic acids is 1. The molecule has 1 aromatic rings. The van der Waals surface area contributed by atoms with Gasteiger partial charge in [0.05, 0.1) is 0 Å². The van der Waals surface area contributed by atoms with Crippen LogP contribution in [-0.4, -0.2) is 45.6 Å². The van der Waals surface area contributed by atoms with Crippen molar-refractivity contribution >= 4 is 15.9 Å². The Morgan fingerprint density at radius 2 is 2.27 bits per heavy atom. The predicted octanol–water partition coefficient (Wildman–Crippen LogP) is 0.0527. The maximum atomic E-state index is 12.3. The predicted molar refractivity (Wildman–Crippen MR) is 84.2 cm³/mol. The molecule has 124 valence electrons. The number of aromatic nitrogens is 1. The van der Waals surface area contributed by atoms with E-state index < -0.39 is 10.0 Å². The standard InChI is InChI=1S/C14H24N4O3S/c1-15-14(19)13-8-12(10-18(13)2)22(20,21)17-7-5-11-4-3-6-16-9-11/h8,10-11,16-17H,3-7,9H2,1-2H3,(H,15,19). The molecule has 1 fully saturated rings. The molecule has 1 unspecified atom stereocenters. The molecular formula is C14H24N4O3S. The fourth-order valence-electron chi connectivity index (χ4n) is 2.69. The monoisotopic (exact) mass is 328 g/mol. The molecule has 1 aliphatic heterocycles. The van der Waals surface area contributed by atoms with Gasteiger partial charge in [0.15, 0.2) is 0 Å². The molecular weight excluding hydrogens is 304 g/mol. The molecule has 8 heteroatoms. The van der Waals surface area contributed by atoms with Crippen molar-refractivity contribution in [1.29, 1.82) is 0 Å². The maximum absolute atomic E-state index is 12.3. The number of amides is 1. The molecule has 0 aromatic carbocycles. The quantitative estimate of drug-likeness (QED) is 0.688. The molecule has 0 radical (unpaired) electrons. The maximum Gasteiger partial charge on any atom is 0.267 e. The van der Waals surface area contributed by atoms with Crippen molar-refractivity contribution in [3.05, 3.63) is 18.0 Å². The SMILES string of the molecule is CNC(=O)c1cc(S(=O)(=O)NCCC2CCCNC2)cn1C. The lowest BCUT2D eigenvalue weighted by molar-refractivity contribution is 0.0955. The molecule has 2 heterocycles. The van der Waals surface area contributed by atoms with E-state index in [1.165, 1.54) is 23.9 Å². The molecule has 0 bridgehead atoms. The minimum atomic E-state index is -3.58. The lowest BCUT2D eigenvalue weighted by Gasteiger charge is -2.22. The zero-order valence-electron chi connectivity index (χ0n) is 13.1. The summed E-state index contributed by atoms with van der Waals surface area (Å²) in [4.78, 5) is 11.8. The molecule has 0 saturated carbocycles. The minimum Gasteiger partial charge on any atom is -0.354 e. The number of carbonyl (C=O) groups is 1. The first kappa shape index (κ1) is 17.0. The second-order valence-electron chi connectivity index (χ2n) is 5.65. The number of hydrogen-bond acceptors (Lipinski definition) is 4. The van der Waals surface area contributed by atoms with Crippen LogP contribution in [0.3, 0.4) is 0 Å². The van der Waals surface area contributed by atoms with Crippen LogP contribution in [0.4, 0.5) is 0 Å². The number of piperidine rings is 1. The highest BCUT2D eigenvalue weighted by Gasteiger charge is 2.20. The molecule has 0 aliphatic carbocycles.